The largest absolute Gasteiger partial charge is 0.508 e. The molecule has 0 aliphatic rings. The van der Waals surface area contributed by atoms with Gasteiger partial charge in [0.25, 0.3) is 0 Å². The summed E-state index contributed by atoms with van der Waals surface area (Å²) in [6.07, 6.45) is 1.75. The molecular formula is C28H47N7O6. The van der Waals surface area contributed by atoms with E-state index >= 15 is 0 Å². The molecule has 230 valence electrons. The summed E-state index contributed by atoms with van der Waals surface area (Å²) in [5.41, 5.74) is 17.2. The van der Waals surface area contributed by atoms with E-state index in [4.69, 9.17) is 17.2 Å². The lowest BCUT2D eigenvalue weighted by Gasteiger charge is -2.28. The van der Waals surface area contributed by atoms with Crippen LogP contribution in [0.2, 0.25) is 0 Å². The van der Waals surface area contributed by atoms with Gasteiger partial charge in [-0.15, -0.1) is 0 Å². The lowest BCUT2D eigenvalue weighted by Crippen LogP contribution is -2.59. The zero-order chi connectivity index (χ0) is 31.1. The topological polar surface area (TPSA) is 232 Å². The van der Waals surface area contributed by atoms with Gasteiger partial charge in [-0.3, -0.25) is 24.0 Å². The second kappa shape index (κ2) is 17.9. The summed E-state index contributed by atoms with van der Waals surface area (Å²) < 4.78 is 0. The Morgan fingerprint density at radius 3 is 1.85 bits per heavy atom. The lowest BCUT2D eigenvalue weighted by atomic mass is 9.99. The number of carbonyl (C=O) groups excluding carboxylic acids is 5. The van der Waals surface area contributed by atoms with Gasteiger partial charge in [0, 0.05) is 6.42 Å². The minimum absolute atomic E-state index is 0.00254. The van der Waals surface area contributed by atoms with Gasteiger partial charge in [-0.25, -0.2) is 0 Å². The van der Waals surface area contributed by atoms with Crippen molar-refractivity contribution in [3.8, 4) is 5.75 Å². The van der Waals surface area contributed by atoms with Crippen molar-refractivity contribution >= 4 is 29.5 Å². The predicted molar refractivity (Wildman–Crippen MR) is 155 cm³/mol. The summed E-state index contributed by atoms with van der Waals surface area (Å²) in [6.45, 7) is 7.37. The van der Waals surface area contributed by atoms with Crippen LogP contribution in [0.3, 0.4) is 0 Å². The first kappa shape index (κ1) is 35.3. The molecule has 0 saturated heterocycles. The van der Waals surface area contributed by atoms with Crippen LogP contribution in [0, 0.1) is 11.8 Å². The molecule has 5 amide bonds. The second-order valence-corrected chi connectivity index (χ2v) is 10.9. The molecule has 4 atom stereocenters. The number of rotatable bonds is 18. The third-order valence-corrected chi connectivity index (χ3v) is 6.41. The molecule has 0 aliphatic carbocycles. The fraction of sp³-hybridized carbons (Fsp3) is 0.607. The molecule has 13 heteroatoms. The van der Waals surface area contributed by atoms with Crippen LogP contribution in [0.25, 0.3) is 0 Å². The zero-order valence-corrected chi connectivity index (χ0v) is 24.4. The van der Waals surface area contributed by atoms with E-state index < -0.39 is 53.7 Å². The van der Waals surface area contributed by atoms with Crippen LogP contribution in [0.4, 0.5) is 0 Å². The van der Waals surface area contributed by atoms with Crippen molar-refractivity contribution in [1.29, 1.82) is 0 Å². The minimum Gasteiger partial charge on any atom is -0.508 e. The van der Waals surface area contributed by atoms with Crippen LogP contribution in [-0.2, 0) is 30.4 Å². The fourth-order valence-electron chi connectivity index (χ4n) is 4.13. The predicted octanol–water partition coefficient (Wildman–Crippen LogP) is -0.851. The number of hydrogen-bond acceptors (Lipinski definition) is 8. The summed E-state index contributed by atoms with van der Waals surface area (Å²) >= 11 is 0. The molecule has 0 fully saturated rings. The average Bonchev–Trinajstić information content (AvgIpc) is 2.90. The third-order valence-electron chi connectivity index (χ3n) is 6.41. The van der Waals surface area contributed by atoms with Gasteiger partial charge < -0.3 is 43.6 Å². The first-order chi connectivity index (χ1) is 19.3. The number of phenols is 1. The monoisotopic (exact) mass is 577 g/mol. The Balaban J connectivity index is 3.10. The van der Waals surface area contributed by atoms with Crippen LogP contribution >= 0.6 is 0 Å². The molecule has 0 aliphatic heterocycles. The number of carbonyl (C=O) groups is 5. The Hall–Kier alpha value is -3.71. The van der Waals surface area contributed by atoms with Crippen molar-refractivity contribution in [2.75, 3.05) is 13.1 Å². The van der Waals surface area contributed by atoms with Gasteiger partial charge in [0.15, 0.2) is 0 Å². The van der Waals surface area contributed by atoms with Crippen LogP contribution in [0.1, 0.15) is 58.9 Å². The molecule has 1 aromatic rings. The summed E-state index contributed by atoms with van der Waals surface area (Å²) in [6, 6.07) is 2.15. The number of benzene rings is 1. The lowest BCUT2D eigenvalue weighted by molar-refractivity contribution is -0.135. The van der Waals surface area contributed by atoms with E-state index in [0.29, 0.717) is 24.9 Å². The van der Waals surface area contributed by atoms with Crippen molar-refractivity contribution in [2.24, 2.45) is 29.0 Å². The number of amides is 5. The van der Waals surface area contributed by atoms with Gasteiger partial charge >= 0.3 is 0 Å². The highest BCUT2D eigenvalue weighted by molar-refractivity contribution is 5.95. The molecule has 1 aromatic carbocycles. The highest BCUT2D eigenvalue weighted by Gasteiger charge is 2.32. The van der Waals surface area contributed by atoms with Gasteiger partial charge in [-0.05, 0) is 61.8 Å². The highest BCUT2D eigenvalue weighted by Crippen LogP contribution is 2.13. The normalized spacial score (nSPS) is 14.0. The number of hydrogen-bond donors (Lipinski definition) is 8. The van der Waals surface area contributed by atoms with E-state index in [1.165, 1.54) is 12.1 Å². The molecule has 0 unspecified atom stereocenters. The quantitative estimate of drug-likeness (QED) is 0.102. The summed E-state index contributed by atoms with van der Waals surface area (Å²) in [5, 5.41) is 20.1. The standard InChI is InChI=1S/C28H47N7O6/c1-16(2)13-22(27(40)33-21(25(31)38)14-18-8-10-19(36)11-9-18)34-26(39)20(7-5-6-12-29)32-28(41)24(17(3)4)35-23(37)15-30/h8-11,16-17,20-22,24,36H,5-7,12-15,29-30H2,1-4H3,(H2,31,38)(H,32,41)(H,33,40)(H,34,39)(H,35,37)/t20-,21-,22-,24-/m0/s1. The van der Waals surface area contributed by atoms with Crippen LogP contribution in [-0.4, -0.2) is 71.9 Å². The Morgan fingerprint density at radius 1 is 0.780 bits per heavy atom. The first-order valence-corrected chi connectivity index (χ1v) is 14.0. The molecule has 41 heavy (non-hydrogen) atoms. The van der Waals surface area contributed by atoms with Crippen LogP contribution in [0.15, 0.2) is 24.3 Å². The first-order valence-electron chi connectivity index (χ1n) is 14.0. The van der Waals surface area contributed by atoms with E-state index in [-0.39, 0.29) is 43.4 Å². The summed E-state index contributed by atoms with van der Waals surface area (Å²) in [5.74, 6) is -3.23. The summed E-state index contributed by atoms with van der Waals surface area (Å²) in [7, 11) is 0. The van der Waals surface area contributed by atoms with Crippen molar-refractivity contribution in [1.82, 2.24) is 21.3 Å². The van der Waals surface area contributed by atoms with E-state index in [9.17, 15) is 29.1 Å². The third kappa shape index (κ3) is 13.0. The van der Waals surface area contributed by atoms with E-state index in [0.717, 1.165) is 0 Å². The number of nitrogens with two attached hydrogens (primary N) is 3. The van der Waals surface area contributed by atoms with Crippen LogP contribution in [0.5, 0.6) is 5.75 Å². The van der Waals surface area contributed by atoms with Gasteiger partial charge in [-0.1, -0.05) is 39.8 Å². The average molecular weight is 578 g/mol. The minimum atomic E-state index is -1.06. The van der Waals surface area contributed by atoms with E-state index in [2.05, 4.69) is 21.3 Å². The van der Waals surface area contributed by atoms with Crippen LogP contribution < -0.4 is 38.5 Å². The fourth-order valence-corrected chi connectivity index (χ4v) is 4.13. The smallest absolute Gasteiger partial charge is 0.243 e. The van der Waals surface area contributed by atoms with Crippen molar-refractivity contribution in [2.45, 2.75) is 84.0 Å². The Labute approximate surface area is 241 Å². The van der Waals surface area contributed by atoms with Gasteiger partial charge in [0.05, 0.1) is 6.54 Å². The van der Waals surface area contributed by atoms with Gasteiger partial charge in [0.1, 0.15) is 29.9 Å². The second-order valence-electron chi connectivity index (χ2n) is 10.9. The Bertz CT molecular complexity index is 1020. The van der Waals surface area contributed by atoms with Crippen molar-refractivity contribution < 1.29 is 29.1 Å². The van der Waals surface area contributed by atoms with E-state index in [1.807, 2.05) is 13.8 Å². The molecule has 13 nitrogen and oxygen atoms in total. The van der Waals surface area contributed by atoms with Gasteiger partial charge in [0.2, 0.25) is 29.5 Å². The molecule has 0 bridgehead atoms. The maximum absolute atomic E-state index is 13.4. The van der Waals surface area contributed by atoms with Gasteiger partial charge in [-0.2, -0.15) is 0 Å². The van der Waals surface area contributed by atoms with Crippen molar-refractivity contribution in [3.05, 3.63) is 29.8 Å². The number of aromatic hydroxyl groups is 1. The molecule has 0 saturated carbocycles. The maximum atomic E-state index is 13.4. The number of nitrogens with one attached hydrogen (secondary N) is 4. The Morgan fingerprint density at radius 2 is 1.34 bits per heavy atom. The Kier molecular flexibility index (Phi) is 15.4. The highest BCUT2D eigenvalue weighted by atomic mass is 16.3. The summed E-state index contributed by atoms with van der Waals surface area (Å²) in [4.78, 5) is 63.8. The molecule has 1 rings (SSSR count). The molecule has 0 heterocycles. The maximum Gasteiger partial charge on any atom is 0.243 e. The number of unbranched alkanes of at least 4 members (excludes halogenated alkanes) is 1. The zero-order valence-electron chi connectivity index (χ0n) is 24.4. The SMILES string of the molecule is CC(C)C[C@H](NC(=O)[C@H](CCCCN)NC(=O)[C@@H](NC(=O)CN)C(C)C)C(=O)N[C@@H](Cc1ccc(O)cc1)C(N)=O. The molecule has 0 aromatic heterocycles. The number of primary amides is 1. The number of phenolic OH excluding ortho intramolecular Hbond substituents is 1. The molecular weight excluding hydrogens is 530 g/mol. The molecule has 11 N–H and O–H groups in total. The molecule has 0 radical (unpaired) electrons. The molecule has 0 spiro atoms. The van der Waals surface area contributed by atoms with Crippen molar-refractivity contribution in [3.63, 3.8) is 0 Å². The van der Waals surface area contributed by atoms with E-state index in [1.54, 1.807) is 26.0 Å².